The summed E-state index contributed by atoms with van der Waals surface area (Å²) in [5.41, 5.74) is 0. The first-order valence-corrected chi connectivity index (χ1v) is 8.30. The number of hydrogen-bond acceptors (Lipinski definition) is 3. The van der Waals surface area contributed by atoms with Crippen LogP contribution in [0, 0.1) is 5.92 Å². The van der Waals surface area contributed by atoms with Crippen molar-refractivity contribution in [3.05, 3.63) is 0 Å². The molecule has 100 valence electrons. The molecule has 0 radical (unpaired) electrons. The van der Waals surface area contributed by atoms with Crippen molar-refractivity contribution in [3.8, 4) is 0 Å². The molecule has 2 nitrogen and oxygen atoms in total. The molecule has 0 aromatic carbocycles. The molecule has 0 aromatic heterocycles. The van der Waals surface area contributed by atoms with E-state index in [0.29, 0.717) is 0 Å². The fourth-order valence-electron chi connectivity index (χ4n) is 3.11. The van der Waals surface area contributed by atoms with E-state index < -0.39 is 0 Å². The van der Waals surface area contributed by atoms with Gasteiger partial charge in [0.2, 0.25) is 0 Å². The summed E-state index contributed by atoms with van der Waals surface area (Å²) in [6.45, 7) is 10.9. The van der Waals surface area contributed by atoms with Crippen LogP contribution in [0.1, 0.15) is 40.0 Å². The van der Waals surface area contributed by atoms with Gasteiger partial charge in [0.25, 0.3) is 0 Å². The normalized spacial score (nSPS) is 32.5. The van der Waals surface area contributed by atoms with E-state index in [1.165, 1.54) is 44.6 Å². The number of thioether (sulfide) groups is 1. The Morgan fingerprint density at radius 1 is 1.29 bits per heavy atom. The van der Waals surface area contributed by atoms with Crippen LogP contribution in [-0.2, 0) is 0 Å². The highest BCUT2D eigenvalue weighted by Crippen LogP contribution is 2.26. The van der Waals surface area contributed by atoms with Gasteiger partial charge in [-0.3, -0.25) is 4.90 Å². The van der Waals surface area contributed by atoms with Crippen molar-refractivity contribution in [2.45, 2.75) is 57.4 Å². The Bertz CT molecular complexity index is 226. The van der Waals surface area contributed by atoms with E-state index in [-0.39, 0.29) is 0 Å². The van der Waals surface area contributed by atoms with E-state index in [1.54, 1.807) is 0 Å². The van der Waals surface area contributed by atoms with Gasteiger partial charge >= 0.3 is 0 Å². The van der Waals surface area contributed by atoms with Gasteiger partial charge in [-0.1, -0.05) is 20.8 Å². The van der Waals surface area contributed by atoms with E-state index in [2.05, 4.69) is 42.7 Å². The maximum atomic E-state index is 3.81. The molecule has 2 fully saturated rings. The standard InChI is InChI=1S/C14H28N2S/c1-11(2)14(16-6-4-5-7-16)9-15-13-8-12(3)17-10-13/h11-15H,4-10H2,1-3H3. The second-order valence-electron chi connectivity index (χ2n) is 6.04. The third kappa shape index (κ3) is 3.87. The Hall–Kier alpha value is 0.270. The van der Waals surface area contributed by atoms with E-state index in [4.69, 9.17) is 0 Å². The molecule has 2 saturated heterocycles. The number of hydrogen-bond donors (Lipinski definition) is 1. The second kappa shape index (κ2) is 6.44. The lowest BCUT2D eigenvalue weighted by Crippen LogP contribution is -2.46. The zero-order chi connectivity index (χ0) is 12.3. The summed E-state index contributed by atoms with van der Waals surface area (Å²) >= 11 is 2.12. The third-order valence-electron chi connectivity index (χ3n) is 4.19. The minimum atomic E-state index is 0.749. The summed E-state index contributed by atoms with van der Waals surface area (Å²) in [7, 11) is 0. The second-order valence-corrected chi connectivity index (χ2v) is 7.51. The predicted octanol–water partition coefficient (Wildman–Crippen LogP) is 2.59. The van der Waals surface area contributed by atoms with E-state index in [9.17, 15) is 0 Å². The Kier molecular flexibility index (Phi) is 5.19. The summed E-state index contributed by atoms with van der Waals surface area (Å²) in [4.78, 5) is 2.70. The number of likely N-dealkylation sites (tertiary alicyclic amines) is 1. The van der Waals surface area contributed by atoms with Crippen molar-refractivity contribution in [2.24, 2.45) is 5.92 Å². The summed E-state index contributed by atoms with van der Waals surface area (Å²) in [5.74, 6) is 2.08. The van der Waals surface area contributed by atoms with E-state index in [1.807, 2.05) is 0 Å². The minimum absolute atomic E-state index is 0.749. The molecule has 3 heteroatoms. The van der Waals surface area contributed by atoms with Gasteiger partial charge in [-0.15, -0.1) is 0 Å². The van der Waals surface area contributed by atoms with Crippen LogP contribution in [0.3, 0.4) is 0 Å². The molecule has 1 N–H and O–H groups in total. The van der Waals surface area contributed by atoms with Gasteiger partial charge in [0.05, 0.1) is 0 Å². The first-order chi connectivity index (χ1) is 8.16. The topological polar surface area (TPSA) is 15.3 Å². The molecule has 0 spiro atoms. The third-order valence-corrected chi connectivity index (χ3v) is 5.55. The molecule has 3 atom stereocenters. The van der Waals surface area contributed by atoms with Crippen molar-refractivity contribution in [1.82, 2.24) is 10.2 Å². The smallest absolute Gasteiger partial charge is 0.0243 e. The molecule has 0 bridgehead atoms. The number of nitrogens with one attached hydrogen (secondary N) is 1. The SMILES string of the molecule is CC1CC(NCC(C(C)C)N2CCCC2)CS1. The zero-order valence-electron chi connectivity index (χ0n) is 11.6. The van der Waals surface area contributed by atoms with Crippen LogP contribution in [0.2, 0.25) is 0 Å². The van der Waals surface area contributed by atoms with Crippen LogP contribution in [-0.4, -0.2) is 47.6 Å². The summed E-state index contributed by atoms with van der Waals surface area (Å²) in [6.07, 6.45) is 4.16. The molecule has 0 aromatic rings. The van der Waals surface area contributed by atoms with Gasteiger partial charge in [-0.2, -0.15) is 11.8 Å². The average molecular weight is 256 g/mol. The van der Waals surface area contributed by atoms with Crippen molar-refractivity contribution < 1.29 is 0 Å². The summed E-state index contributed by atoms with van der Waals surface area (Å²) < 4.78 is 0. The minimum Gasteiger partial charge on any atom is -0.312 e. The molecular weight excluding hydrogens is 228 g/mol. The summed E-state index contributed by atoms with van der Waals surface area (Å²) in [5, 5.41) is 4.67. The molecule has 17 heavy (non-hydrogen) atoms. The van der Waals surface area contributed by atoms with Gasteiger partial charge in [0.15, 0.2) is 0 Å². The molecule has 2 aliphatic rings. The average Bonchev–Trinajstić information content (AvgIpc) is 2.90. The van der Waals surface area contributed by atoms with Crippen LogP contribution in [0.25, 0.3) is 0 Å². The first-order valence-electron chi connectivity index (χ1n) is 7.26. The highest BCUT2D eigenvalue weighted by Gasteiger charge is 2.27. The predicted molar refractivity (Wildman–Crippen MR) is 77.8 cm³/mol. The molecule has 0 amide bonds. The van der Waals surface area contributed by atoms with Crippen LogP contribution in [0.15, 0.2) is 0 Å². The Morgan fingerprint density at radius 3 is 2.53 bits per heavy atom. The lowest BCUT2D eigenvalue weighted by atomic mass is 10.0. The molecule has 0 aliphatic carbocycles. The van der Waals surface area contributed by atoms with Crippen LogP contribution >= 0.6 is 11.8 Å². The molecule has 2 rings (SSSR count). The molecule has 2 aliphatic heterocycles. The maximum absolute atomic E-state index is 3.81. The Morgan fingerprint density at radius 2 is 2.00 bits per heavy atom. The quantitative estimate of drug-likeness (QED) is 0.814. The molecular formula is C14H28N2S. The molecule has 2 heterocycles. The zero-order valence-corrected chi connectivity index (χ0v) is 12.4. The van der Waals surface area contributed by atoms with Crippen LogP contribution in [0.4, 0.5) is 0 Å². The van der Waals surface area contributed by atoms with Crippen LogP contribution < -0.4 is 5.32 Å². The maximum Gasteiger partial charge on any atom is 0.0243 e. The lowest BCUT2D eigenvalue weighted by molar-refractivity contribution is 0.183. The van der Waals surface area contributed by atoms with Crippen molar-refractivity contribution in [1.29, 1.82) is 0 Å². The molecule has 0 saturated carbocycles. The number of rotatable bonds is 5. The van der Waals surface area contributed by atoms with Gasteiger partial charge in [0, 0.05) is 29.6 Å². The Balaban J connectivity index is 1.77. The monoisotopic (exact) mass is 256 g/mol. The van der Waals surface area contributed by atoms with Crippen molar-refractivity contribution in [3.63, 3.8) is 0 Å². The van der Waals surface area contributed by atoms with Gasteiger partial charge in [-0.25, -0.2) is 0 Å². The first kappa shape index (κ1) is 13.7. The number of nitrogens with zero attached hydrogens (tertiary/aromatic N) is 1. The highest BCUT2D eigenvalue weighted by atomic mass is 32.2. The van der Waals surface area contributed by atoms with E-state index in [0.717, 1.165) is 23.3 Å². The summed E-state index contributed by atoms with van der Waals surface area (Å²) in [6, 6.07) is 1.51. The van der Waals surface area contributed by atoms with Gasteiger partial charge in [0.1, 0.15) is 0 Å². The van der Waals surface area contributed by atoms with Crippen molar-refractivity contribution in [2.75, 3.05) is 25.4 Å². The fraction of sp³-hybridized carbons (Fsp3) is 1.00. The van der Waals surface area contributed by atoms with Gasteiger partial charge in [-0.05, 0) is 38.3 Å². The van der Waals surface area contributed by atoms with Crippen molar-refractivity contribution >= 4 is 11.8 Å². The van der Waals surface area contributed by atoms with E-state index >= 15 is 0 Å². The lowest BCUT2D eigenvalue weighted by Gasteiger charge is -2.32. The highest BCUT2D eigenvalue weighted by molar-refractivity contribution is 8.00. The van der Waals surface area contributed by atoms with Crippen LogP contribution in [0.5, 0.6) is 0 Å². The fourth-order valence-corrected chi connectivity index (χ4v) is 4.29. The Labute approximate surface area is 111 Å². The van der Waals surface area contributed by atoms with Gasteiger partial charge < -0.3 is 5.32 Å². The molecule has 3 unspecified atom stereocenters. The largest absolute Gasteiger partial charge is 0.312 e.